The number of hydrogen-bond donors (Lipinski definition) is 0. The van der Waals surface area contributed by atoms with Crippen LogP contribution in [0.2, 0.25) is 0 Å². The van der Waals surface area contributed by atoms with E-state index in [-0.39, 0.29) is 6.61 Å². The first-order valence-corrected chi connectivity index (χ1v) is 8.00. The Labute approximate surface area is 149 Å². The largest absolute Gasteiger partial charge is 0.497 e. The average Bonchev–Trinajstić information content (AvgIpc) is 3.39. The number of rotatable bonds is 6. The quantitative estimate of drug-likeness (QED) is 0.531. The molecule has 7 nitrogen and oxygen atoms in total. The van der Waals surface area contributed by atoms with Crippen molar-refractivity contribution in [3.05, 3.63) is 73.1 Å². The molecule has 0 unspecified atom stereocenters. The van der Waals surface area contributed by atoms with E-state index in [4.69, 9.17) is 13.9 Å². The second-order valence-electron chi connectivity index (χ2n) is 5.46. The zero-order valence-electron chi connectivity index (χ0n) is 14.1. The minimum absolute atomic E-state index is 0.175. The summed E-state index contributed by atoms with van der Waals surface area (Å²) in [6.45, 7) is 0.175. The van der Waals surface area contributed by atoms with Crippen molar-refractivity contribution in [2.75, 3.05) is 7.11 Å². The van der Waals surface area contributed by atoms with E-state index in [0.717, 1.165) is 17.0 Å². The summed E-state index contributed by atoms with van der Waals surface area (Å²) >= 11 is 0. The molecule has 7 heteroatoms. The Morgan fingerprint density at radius 2 is 1.88 bits per heavy atom. The molecular weight excluding hydrogens is 332 g/mol. The van der Waals surface area contributed by atoms with Gasteiger partial charge in [-0.3, -0.25) is 0 Å². The number of benzene rings is 2. The van der Waals surface area contributed by atoms with Crippen molar-refractivity contribution < 1.29 is 13.9 Å². The lowest BCUT2D eigenvalue weighted by atomic mass is 10.2. The molecule has 4 rings (SSSR count). The van der Waals surface area contributed by atoms with E-state index in [1.165, 1.54) is 0 Å². The molecule has 26 heavy (non-hydrogen) atoms. The summed E-state index contributed by atoms with van der Waals surface area (Å²) in [5, 5.41) is 8.12. The van der Waals surface area contributed by atoms with Crippen LogP contribution in [0.25, 0.3) is 17.1 Å². The summed E-state index contributed by atoms with van der Waals surface area (Å²) < 4.78 is 18.6. The monoisotopic (exact) mass is 348 g/mol. The minimum Gasteiger partial charge on any atom is -0.497 e. The van der Waals surface area contributed by atoms with Crippen LogP contribution >= 0.6 is 0 Å². The standard InChI is InChI=1S/C19H16N4O3/c1-24-15-8-6-14(7-9-15)19-22-21-18(26-19)12-25-17-5-3-2-4-16(17)23-11-10-20-13-23/h2-11,13H,12H2,1H3. The molecule has 4 aromatic rings. The summed E-state index contributed by atoms with van der Waals surface area (Å²) in [6.07, 6.45) is 5.29. The van der Waals surface area contributed by atoms with E-state index >= 15 is 0 Å². The van der Waals surface area contributed by atoms with Crippen LogP contribution in [0, 0.1) is 0 Å². The molecule has 0 aliphatic carbocycles. The summed E-state index contributed by atoms with van der Waals surface area (Å²) in [5.74, 6) is 2.31. The average molecular weight is 348 g/mol. The number of imidazole rings is 1. The molecule has 0 N–H and O–H groups in total. The third-order valence-electron chi connectivity index (χ3n) is 3.80. The molecule has 0 saturated heterocycles. The van der Waals surface area contributed by atoms with Gasteiger partial charge in [-0.2, -0.15) is 0 Å². The first-order valence-electron chi connectivity index (χ1n) is 8.00. The van der Waals surface area contributed by atoms with Crippen molar-refractivity contribution in [2.24, 2.45) is 0 Å². The highest BCUT2D eigenvalue weighted by Gasteiger charge is 2.11. The number of hydrogen-bond acceptors (Lipinski definition) is 6. The summed E-state index contributed by atoms with van der Waals surface area (Å²) in [6, 6.07) is 15.1. The molecule has 130 valence electrons. The SMILES string of the molecule is COc1ccc(-c2nnc(COc3ccccc3-n3ccnc3)o2)cc1. The van der Waals surface area contributed by atoms with Crippen LogP contribution in [0.1, 0.15) is 5.89 Å². The molecule has 0 amide bonds. The van der Waals surface area contributed by atoms with Crippen LogP contribution in [-0.4, -0.2) is 26.9 Å². The van der Waals surface area contributed by atoms with Crippen molar-refractivity contribution in [1.82, 2.24) is 19.7 Å². The van der Waals surface area contributed by atoms with Gasteiger partial charge >= 0.3 is 0 Å². The number of methoxy groups -OCH3 is 1. The molecule has 0 radical (unpaired) electrons. The topological polar surface area (TPSA) is 75.2 Å². The third kappa shape index (κ3) is 3.27. The molecule has 0 spiro atoms. The van der Waals surface area contributed by atoms with Gasteiger partial charge in [-0.25, -0.2) is 4.98 Å². The molecule has 0 saturated carbocycles. The van der Waals surface area contributed by atoms with Gasteiger partial charge in [0.1, 0.15) is 11.5 Å². The number of ether oxygens (including phenoxy) is 2. The zero-order chi connectivity index (χ0) is 17.8. The van der Waals surface area contributed by atoms with Gasteiger partial charge < -0.3 is 18.5 Å². The predicted octanol–water partition coefficient (Wildman–Crippen LogP) is 3.51. The summed E-state index contributed by atoms with van der Waals surface area (Å²) in [7, 11) is 1.62. The zero-order valence-corrected chi connectivity index (χ0v) is 14.1. The summed E-state index contributed by atoms with van der Waals surface area (Å²) in [5.41, 5.74) is 1.71. The Morgan fingerprint density at radius 1 is 1.04 bits per heavy atom. The third-order valence-corrected chi connectivity index (χ3v) is 3.80. The minimum atomic E-state index is 0.175. The van der Waals surface area contributed by atoms with Crippen molar-refractivity contribution in [1.29, 1.82) is 0 Å². The first-order chi connectivity index (χ1) is 12.8. The Hall–Kier alpha value is -3.61. The molecule has 0 bridgehead atoms. The Kier molecular flexibility index (Phi) is 4.34. The molecule has 2 aromatic heterocycles. The highest BCUT2D eigenvalue weighted by molar-refractivity contribution is 5.54. The van der Waals surface area contributed by atoms with E-state index in [1.807, 2.05) is 59.3 Å². The van der Waals surface area contributed by atoms with E-state index in [1.54, 1.807) is 19.6 Å². The maximum atomic E-state index is 5.87. The van der Waals surface area contributed by atoms with E-state index in [2.05, 4.69) is 15.2 Å². The second-order valence-corrected chi connectivity index (χ2v) is 5.46. The number of para-hydroxylation sites is 2. The molecular formula is C19H16N4O3. The fourth-order valence-electron chi connectivity index (χ4n) is 2.50. The maximum Gasteiger partial charge on any atom is 0.254 e. The number of nitrogens with zero attached hydrogens (tertiary/aromatic N) is 4. The van der Waals surface area contributed by atoms with Crippen LogP contribution in [0.3, 0.4) is 0 Å². The van der Waals surface area contributed by atoms with Gasteiger partial charge in [-0.1, -0.05) is 12.1 Å². The fourth-order valence-corrected chi connectivity index (χ4v) is 2.50. The van der Waals surface area contributed by atoms with Gasteiger partial charge in [-0.05, 0) is 36.4 Å². The van der Waals surface area contributed by atoms with Crippen molar-refractivity contribution >= 4 is 0 Å². The molecule has 0 fully saturated rings. The molecule has 2 aromatic carbocycles. The highest BCUT2D eigenvalue weighted by Crippen LogP contribution is 2.24. The normalized spacial score (nSPS) is 10.7. The van der Waals surface area contributed by atoms with E-state index < -0.39 is 0 Å². The van der Waals surface area contributed by atoms with E-state index in [0.29, 0.717) is 17.5 Å². The van der Waals surface area contributed by atoms with Gasteiger partial charge in [-0.15, -0.1) is 10.2 Å². The van der Waals surface area contributed by atoms with Crippen LogP contribution in [0.4, 0.5) is 0 Å². The van der Waals surface area contributed by atoms with Crippen LogP contribution in [-0.2, 0) is 6.61 Å². The second kappa shape index (κ2) is 7.10. The van der Waals surface area contributed by atoms with Gasteiger partial charge in [0, 0.05) is 18.0 Å². The number of aromatic nitrogens is 4. The first kappa shape index (κ1) is 15.9. The lowest BCUT2D eigenvalue weighted by molar-refractivity contribution is 0.264. The Morgan fingerprint density at radius 3 is 2.65 bits per heavy atom. The van der Waals surface area contributed by atoms with Crippen LogP contribution in [0.15, 0.2) is 71.7 Å². The highest BCUT2D eigenvalue weighted by atomic mass is 16.5. The summed E-state index contributed by atoms with van der Waals surface area (Å²) in [4.78, 5) is 4.06. The van der Waals surface area contributed by atoms with Gasteiger partial charge in [0.15, 0.2) is 6.61 Å². The Balaban J connectivity index is 1.49. The fraction of sp³-hybridized carbons (Fsp3) is 0.105. The van der Waals surface area contributed by atoms with Crippen molar-refractivity contribution in [3.63, 3.8) is 0 Å². The molecule has 0 aliphatic heterocycles. The molecule has 2 heterocycles. The molecule has 0 atom stereocenters. The smallest absolute Gasteiger partial charge is 0.254 e. The van der Waals surface area contributed by atoms with Gasteiger partial charge in [0.2, 0.25) is 5.89 Å². The van der Waals surface area contributed by atoms with Gasteiger partial charge in [0.05, 0.1) is 19.1 Å². The van der Waals surface area contributed by atoms with E-state index in [9.17, 15) is 0 Å². The lowest BCUT2D eigenvalue weighted by Gasteiger charge is -2.10. The predicted molar refractivity (Wildman–Crippen MR) is 94.2 cm³/mol. The van der Waals surface area contributed by atoms with Gasteiger partial charge in [0.25, 0.3) is 5.89 Å². The Bertz CT molecular complexity index is 978. The maximum absolute atomic E-state index is 5.87. The van der Waals surface area contributed by atoms with Crippen LogP contribution in [0.5, 0.6) is 11.5 Å². The molecule has 0 aliphatic rings. The van der Waals surface area contributed by atoms with Crippen molar-refractivity contribution in [3.8, 4) is 28.6 Å². The van der Waals surface area contributed by atoms with Crippen LogP contribution < -0.4 is 9.47 Å². The lowest BCUT2D eigenvalue weighted by Crippen LogP contribution is -2.00. The van der Waals surface area contributed by atoms with Crippen molar-refractivity contribution in [2.45, 2.75) is 6.61 Å².